The molecule has 0 radical (unpaired) electrons. The van der Waals surface area contributed by atoms with Gasteiger partial charge in [0.15, 0.2) is 5.82 Å². The number of aryl methyl sites for hydroxylation is 2. The van der Waals surface area contributed by atoms with E-state index in [1.54, 1.807) is 6.92 Å². The number of halogens is 1. The van der Waals surface area contributed by atoms with E-state index in [0.717, 1.165) is 11.1 Å². The Kier molecular flexibility index (Phi) is 6.02. The van der Waals surface area contributed by atoms with Crippen LogP contribution in [0.25, 0.3) is 0 Å². The molecule has 0 aliphatic rings. The van der Waals surface area contributed by atoms with Crippen molar-refractivity contribution in [3.63, 3.8) is 0 Å². The number of hydrogen-bond acceptors (Lipinski definition) is 4. The van der Waals surface area contributed by atoms with E-state index in [2.05, 4.69) is 15.5 Å². The molecule has 26 heavy (non-hydrogen) atoms. The van der Waals surface area contributed by atoms with E-state index in [0.29, 0.717) is 36.0 Å². The molecule has 0 saturated carbocycles. The van der Waals surface area contributed by atoms with Gasteiger partial charge in [-0.3, -0.25) is 4.79 Å². The van der Waals surface area contributed by atoms with Gasteiger partial charge >= 0.3 is 0 Å². The fourth-order valence-electron chi connectivity index (χ4n) is 2.73. The first kappa shape index (κ1) is 18.1. The highest BCUT2D eigenvalue weighted by Gasteiger charge is 2.17. The van der Waals surface area contributed by atoms with Gasteiger partial charge < -0.3 is 9.84 Å². The summed E-state index contributed by atoms with van der Waals surface area (Å²) in [7, 11) is 0. The Hall–Kier alpha value is -2.66. The van der Waals surface area contributed by atoms with E-state index in [1.807, 2.05) is 54.6 Å². The molecule has 1 unspecified atom stereocenters. The maximum Gasteiger partial charge on any atom is 0.226 e. The quantitative estimate of drug-likeness (QED) is 0.675. The zero-order valence-electron chi connectivity index (χ0n) is 14.5. The average Bonchev–Trinajstić information content (AvgIpc) is 3.06. The number of carbonyl (C=O) groups is 1. The van der Waals surface area contributed by atoms with E-state index in [1.165, 1.54) is 0 Å². The molecule has 2 aromatic carbocycles. The van der Waals surface area contributed by atoms with Gasteiger partial charge in [0.1, 0.15) is 0 Å². The Morgan fingerprint density at radius 1 is 1.12 bits per heavy atom. The lowest BCUT2D eigenvalue weighted by Crippen LogP contribution is -2.29. The molecule has 0 aliphatic carbocycles. The molecule has 134 valence electrons. The van der Waals surface area contributed by atoms with Crippen LogP contribution in [0, 0.1) is 6.92 Å². The lowest BCUT2D eigenvalue weighted by Gasteiger charge is -2.20. The molecule has 1 N–H and O–H groups in total. The summed E-state index contributed by atoms with van der Waals surface area (Å²) in [6.45, 7) is 1.77. The molecule has 1 aromatic heterocycles. The van der Waals surface area contributed by atoms with Crippen LogP contribution in [0.4, 0.5) is 0 Å². The average molecular weight is 370 g/mol. The third kappa shape index (κ3) is 4.92. The predicted octanol–water partition coefficient (Wildman–Crippen LogP) is 4.26. The summed E-state index contributed by atoms with van der Waals surface area (Å²) in [6.07, 6.45) is 1.62. The van der Waals surface area contributed by atoms with Gasteiger partial charge in [0.25, 0.3) is 0 Å². The minimum atomic E-state index is -0.216. The smallest absolute Gasteiger partial charge is 0.226 e. The first-order chi connectivity index (χ1) is 12.6. The molecule has 0 aliphatic heterocycles. The van der Waals surface area contributed by atoms with Gasteiger partial charge in [-0.05, 0) is 36.6 Å². The number of carbonyl (C=O) groups excluding carboxylic acids is 1. The van der Waals surface area contributed by atoms with Crippen LogP contribution in [-0.4, -0.2) is 16.0 Å². The fourth-order valence-corrected chi connectivity index (χ4v) is 2.86. The standard InChI is InChI=1S/C20H20ClN3O2/c1-14-22-19(26-24-14)9-5-8-18(25)23-20(15-6-3-2-4-7-15)16-10-12-17(21)13-11-16/h2-4,6-7,10-13,20H,5,8-9H2,1H3,(H,23,25). The highest BCUT2D eigenvalue weighted by molar-refractivity contribution is 6.30. The van der Waals surface area contributed by atoms with E-state index in [9.17, 15) is 4.79 Å². The molecule has 1 atom stereocenters. The van der Waals surface area contributed by atoms with Gasteiger partial charge in [0, 0.05) is 17.9 Å². The highest BCUT2D eigenvalue weighted by atomic mass is 35.5. The van der Waals surface area contributed by atoms with Gasteiger partial charge in [-0.1, -0.05) is 59.2 Å². The van der Waals surface area contributed by atoms with Crippen LogP contribution in [0.5, 0.6) is 0 Å². The third-order valence-corrected chi connectivity index (χ3v) is 4.26. The summed E-state index contributed by atoms with van der Waals surface area (Å²) in [5, 5.41) is 7.53. The molecule has 1 amide bonds. The molecule has 5 nitrogen and oxygen atoms in total. The van der Waals surface area contributed by atoms with Crippen molar-refractivity contribution in [2.45, 2.75) is 32.2 Å². The van der Waals surface area contributed by atoms with Crippen LogP contribution < -0.4 is 5.32 Å². The molecule has 0 saturated heterocycles. The van der Waals surface area contributed by atoms with Crippen molar-refractivity contribution in [2.24, 2.45) is 0 Å². The normalized spacial score (nSPS) is 11.9. The molecule has 1 heterocycles. The number of aromatic nitrogens is 2. The molecular formula is C20H20ClN3O2. The van der Waals surface area contributed by atoms with Crippen LogP contribution in [0.2, 0.25) is 5.02 Å². The Balaban J connectivity index is 1.65. The van der Waals surface area contributed by atoms with Crippen molar-refractivity contribution in [3.05, 3.63) is 82.5 Å². The summed E-state index contributed by atoms with van der Waals surface area (Å²) < 4.78 is 5.07. The Morgan fingerprint density at radius 3 is 2.46 bits per heavy atom. The zero-order chi connectivity index (χ0) is 18.4. The number of nitrogens with one attached hydrogen (secondary N) is 1. The predicted molar refractivity (Wildman–Crippen MR) is 99.9 cm³/mol. The van der Waals surface area contributed by atoms with E-state index < -0.39 is 0 Å². The third-order valence-electron chi connectivity index (χ3n) is 4.01. The summed E-state index contributed by atoms with van der Waals surface area (Å²) >= 11 is 5.99. The van der Waals surface area contributed by atoms with Gasteiger partial charge in [-0.25, -0.2) is 0 Å². The molecule has 0 fully saturated rings. The van der Waals surface area contributed by atoms with Gasteiger partial charge in [-0.15, -0.1) is 0 Å². The van der Waals surface area contributed by atoms with Crippen LogP contribution in [-0.2, 0) is 11.2 Å². The molecule has 0 bridgehead atoms. The largest absolute Gasteiger partial charge is 0.345 e. The molecule has 3 aromatic rings. The Morgan fingerprint density at radius 2 is 1.81 bits per heavy atom. The van der Waals surface area contributed by atoms with E-state index >= 15 is 0 Å². The van der Waals surface area contributed by atoms with Crippen LogP contribution in [0.3, 0.4) is 0 Å². The molecule has 6 heteroatoms. The van der Waals surface area contributed by atoms with Crippen molar-refractivity contribution >= 4 is 17.5 Å². The van der Waals surface area contributed by atoms with Crippen LogP contribution >= 0.6 is 11.6 Å². The summed E-state index contributed by atoms with van der Waals surface area (Å²) in [5.41, 5.74) is 2.01. The lowest BCUT2D eigenvalue weighted by atomic mass is 9.98. The van der Waals surface area contributed by atoms with Gasteiger partial charge in [-0.2, -0.15) is 4.98 Å². The van der Waals surface area contributed by atoms with Crippen molar-refractivity contribution in [2.75, 3.05) is 0 Å². The summed E-state index contributed by atoms with van der Waals surface area (Å²) in [6, 6.07) is 17.2. The van der Waals surface area contributed by atoms with Gasteiger partial charge in [0.05, 0.1) is 6.04 Å². The highest BCUT2D eigenvalue weighted by Crippen LogP contribution is 2.23. The Bertz CT molecular complexity index is 847. The maximum atomic E-state index is 12.5. The lowest BCUT2D eigenvalue weighted by molar-refractivity contribution is -0.121. The monoisotopic (exact) mass is 369 g/mol. The van der Waals surface area contributed by atoms with Gasteiger partial charge in [0.2, 0.25) is 11.8 Å². The number of benzene rings is 2. The van der Waals surface area contributed by atoms with E-state index in [-0.39, 0.29) is 11.9 Å². The number of rotatable bonds is 7. The zero-order valence-corrected chi connectivity index (χ0v) is 15.2. The van der Waals surface area contributed by atoms with Crippen molar-refractivity contribution in [3.8, 4) is 0 Å². The maximum absolute atomic E-state index is 12.5. The second-order valence-corrected chi connectivity index (χ2v) is 6.49. The number of nitrogens with zero attached hydrogens (tertiary/aromatic N) is 2. The molecular weight excluding hydrogens is 350 g/mol. The second kappa shape index (κ2) is 8.63. The van der Waals surface area contributed by atoms with Crippen LogP contribution in [0.1, 0.15) is 41.7 Å². The summed E-state index contributed by atoms with van der Waals surface area (Å²) in [5.74, 6) is 1.15. The SMILES string of the molecule is Cc1noc(CCCC(=O)NC(c2ccccc2)c2ccc(Cl)cc2)n1. The van der Waals surface area contributed by atoms with Crippen molar-refractivity contribution < 1.29 is 9.32 Å². The minimum Gasteiger partial charge on any atom is -0.345 e. The fraction of sp³-hybridized carbons (Fsp3) is 0.250. The van der Waals surface area contributed by atoms with Crippen molar-refractivity contribution in [1.82, 2.24) is 15.5 Å². The van der Waals surface area contributed by atoms with Crippen LogP contribution in [0.15, 0.2) is 59.1 Å². The Labute approximate surface area is 157 Å². The first-order valence-corrected chi connectivity index (χ1v) is 8.88. The summed E-state index contributed by atoms with van der Waals surface area (Å²) in [4.78, 5) is 16.6. The molecule has 0 spiro atoms. The minimum absolute atomic E-state index is 0.0231. The molecule has 3 rings (SSSR count). The first-order valence-electron chi connectivity index (χ1n) is 8.51. The van der Waals surface area contributed by atoms with E-state index in [4.69, 9.17) is 16.1 Å². The topological polar surface area (TPSA) is 68.0 Å². The van der Waals surface area contributed by atoms with Crippen molar-refractivity contribution in [1.29, 1.82) is 0 Å². The number of hydrogen-bond donors (Lipinski definition) is 1. The second-order valence-electron chi connectivity index (χ2n) is 6.05. The number of amides is 1.